The minimum atomic E-state index is -0.919. The summed E-state index contributed by atoms with van der Waals surface area (Å²) in [5, 5.41) is 11.2. The van der Waals surface area contributed by atoms with Gasteiger partial charge in [-0.05, 0) is 24.6 Å². The van der Waals surface area contributed by atoms with Crippen molar-refractivity contribution < 1.29 is 24.2 Å². The van der Waals surface area contributed by atoms with Crippen LogP contribution in [0.3, 0.4) is 0 Å². The fourth-order valence-electron chi connectivity index (χ4n) is 2.38. The van der Waals surface area contributed by atoms with Crippen LogP contribution in [-0.2, 0) is 9.59 Å². The van der Waals surface area contributed by atoms with Gasteiger partial charge in [0.15, 0.2) is 0 Å². The first-order valence-corrected chi connectivity index (χ1v) is 6.78. The highest BCUT2D eigenvalue weighted by Gasteiger charge is 2.45. The van der Waals surface area contributed by atoms with Gasteiger partial charge in [-0.1, -0.05) is 0 Å². The number of nitrogens with one attached hydrogen (secondary N) is 1. The Balaban J connectivity index is 1.99. The van der Waals surface area contributed by atoms with Crippen molar-refractivity contribution in [2.75, 3.05) is 20.8 Å². The Labute approximate surface area is 123 Å². The summed E-state index contributed by atoms with van der Waals surface area (Å²) in [6.45, 7) is 0.159. The molecule has 1 fully saturated rings. The van der Waals surface area contributed by atoms with Gasteiger partial charge in [0.25, 0.3) is 0 Å². The molecule has 6 nitrogen and oxygen atoms in total. The van der Waals surface area contributed by atoms with Crippen molar-refractivity contribution in [3.05, 3.63) is 23.8 Å². The Kier molecular flexibility index (Phi) is 4.67. The molecule has 0 radical (unpaired) electrons. The van der Waals surface area contributed by atoms with Gasteiger partial charge in [-0.15, -0.1) is 0 Å². The first-order chi connectivity index (χ1) is 10.1. The average Bonchev–Trinajstić information content (AvgIpc) is 3.26. The standard InChI is InChI=1S/C15H19NO5/c1-20-9-3-4-13(21-2)11(7-9)10-8-12(10)15(19)16-6-5-14(17)18/h3-4,7,10,12H,5-6,8H2,1-2H3,(H,16,19)(H,17,18). The molecular weight excluding hydrogens is 274 g/mol. The molecule has 2 N–H and O–H groups in total. The summed E-state index contributed by atoms with van der Waals surface area (Å²) in [5.74, 6) is 0.410. The van der Waals surface area contributed by atoms with E-state index in [-0.39, 0.29) is 30.7 Å². The number of hydrogen-bond donors (Lipinski definition) is 2. The monoisotopic (exact) mass is 293 g/mol. The second kappa shape index (κ2) is 6.47. The third-order valence-corrected chi connectivity index (χ3v) is 3.60. The molecule has 2 atom stereocenters. The maximum Gasteiger partial charge on any atom is 0.305 e. The molecule has 2 unspecified atom stereocenters. The number of carbonyl (C=O) groups is 2. The van der Waals surface area contributed by atoms with E-state index in [4.69, 9.17) is 14.6 Å². The number of carbonyl (C=O) groups excluding carboxylic acids is 1. The summed E-state index contributed by atoms with van der Waals surface area (Å²) in [4.78, 5) is 22.4. The van der Waals surface area contributed by atoms with Crippen molar-refractivity contribution in [2.45, 2.75) is 18.8 Å². The highest BCUT2D eigenvalue weighted by atomic mass is 16.5. The minimum absolute atomic E-state index is 0.0639. The summed E-state index contributed by atoms with van der Waals surface area (Å²) in [6.07, 6.45) is 0.675. The highest BCUT2D eigenvalue weighted by molar-refractivity contribution is 5.83. The Bertz CT molecular complexity index is 543. The molecule has 21 heavy (non-hydrogen) atoms. The van der Waals surface area contributed by atoms with E-state index >= 15 is 0 Å². The lowest BCUT2D eigenvalue weighted by molar-refractivity contribution is -0.136. The first kappa shape index (κ1) is 15.2. The lowest BCUT2D eigenvalue weighted by Gasteiger charge is -2.10. The number of aliphatic carboxylic acids is 1. The molecule has 6 heteroatoms. The third kappa shape index (κ3) is 3.65. The molecule has 0 heterocycles. The molecule has 0 aliphatic heterocycles. The van der Waals surface area contributed by atoms with Crippen LogP contribution in [0.4, 0.5) is 0 Å². The third-order valence-electron chi connectivity index (χ3n) is 3.60. The fraction of sp³-hybridized carbons (Fsp3) is 0.467. The van der Waals surface area contributed by atoms with Crippen LogP contribution in [0.5, 0.6) is 11.5 Å². The van der Waals surface area contributed by atoms with Gasteiger partial charge >= 0.3 is 5.97 Å². The van der Waals surface area contributed by atoms with Gasteiger partial charge in [0.2, 0.25) is 5.91 Å². The van der Waals surface area contributed by atoms with Gasteiger partial charge in [-0.25, -0.2) is 0 Å². The number of carboxylic acids is 1. The maximum absolute atomic E-state index is 11.9. The van der Waals surface area contributed by atoms with Gasteiger partial charge in [-0.3, -0.25) is 9.59 Å². The number of ether oxygens (including phenoxy) is 2. The van der Waals surface area contributed by atoms with E-state index in [1.807, 2.05) is 18.2 Å². The Hall–Kier alpha value is -2.24. The minimum Gasteiger partial charge on any atom is -0.497 e. The van der Waals surface area contributed by atoms with Crippen molar-refractivity contribution in [3.63, 3.8) is 0 Å². The lowest BCUT2D eigenvalue weighted by atomic mass is 10.1. The summed E-state index contributed by atoms with van der Waals surface area (Å²) in [6, 6.07) is 5.52. The number of methoxy groups -OCH3 is 2. The summed E-state index contributed by atoms with van der Waals surface area (Å²) < 4.78 is 10.5. The molecule has 2 rings (SSSR count). The quantitative estimate of drug-likeness (QED) is 0.793. The summed E-state index contributed by atoms with van der Waals surface area (Å²) in [7, 11) is 3.18. The van der Waals surface area contributed by atoms with Crippen LogP contribution in [0, 0.1) is 5.92 Å². The summed E-state index contributed by atoms with van der Waals surface area (Å²) >= 11 is 0. The zero-order valence-electron chi connectivity index (χ0n) is 12.1. The van der Waals surface area contributed by atoms with Gasteiger partial charge in [0, 0.05) is 23.9 Å². The van der Waals surface area contributed by atoms with Crippen LogP contribution in [0.25, 0.3) is 0 Å². The molecule has 0 bridgehead atoms. The molecule has 1 amide bonds. The lowest BCUT2D eigenvalue weighted by Crippen LogP contribution is -2.27. The Morgan fingerprint density at radius 1 is 1.33 bits per heavy atom. The first-order valence-electron chi connectivity index (χ1n) is 6.78. The Morgan fingerprint density at radius 3 is 2.71 bits per heavy atom. The van der Waals surface area contributed by atoms with Crippen molar-refractivity contribution in [1.82, 2.24) is 5.32 Å². The van der Waals surface area contributed by atoms with Gasteiger partial charge < -0.3 is 19.9 Å². The van der Waals surface area contributed by atoms with E-state index in [0.29, 0.717) is 0 Å². The summed E-state index contributed by atoms with van der Waals surface area (Å²) in [5.41, 5.74) is 0.954. The van der Waals surface area contributed by atoms with Gasteiger partial charge in [0.1, 0.15) is 11.5 Å². The number of carboxylic acid groups (broad SMARTS) is 1. The predicted molar refractivity (Wildman–Crippen MR) is 75.7 cm³/mol. The van der Waals surface area contributed by atoms with Crippen LogP contribution in [0.2, 0.25) is 0 Å². The van der Waals surface area contributed by atoms with E-state index in [9.17, 15) is 9.59 Å². The van der Waals surface area contributed by atoms with Crippen molar-refractivity contribution >= 4 is 11.9 Å². The van der Waals surface area contributed by atoms with Gasteiger partial charge in [0.05, 0.1) is 20.6 Å². The zero-order chi connectivity index (χ0) is 15.4. The highest BCUT2D eigenvalue weighted by Crippen LogP contribution is 2.51. The van der Waals surface area contributed by atoms with Crippen LogP contribution in [0.1, 0.15) is 24.3 Å². The maximum atomic E-state index is 11.9. The van der Waals surface area contributed by atoms with E-state index in [1.54, 1.807) is 14.2 Å². The van der Waals surface area contributed by atoms with Crippen molar-refractivity contribution in [2.24, 2.45) is 5.92 Å². The van der Waals surface area contributed by atoms with Crippen molar-refractivity contribution in [3.8, 4) is 11.5 Å². The van der Waals surface area contributed by atoms with Crippen molar-refractivity contribution in [1.29, 1.82) is 0 Å². The molecule has 114 valence electrons. The molecular formula is C15H19NO5. The number of rotatable bonds is 7. The number of benzene rings is 1. The fourth-order valence-corrected chi connectivity index (χ4v) is 2.38. The van der Waals surface area contributed by atoms with Crippen LogP contribution in [-0.4, -0.2) is 37.7 Å². The Morgan fingerprint density at radius 2 is 2.10 bits per heavy atom. The molecule has 0 saturated heterocycles. The van der Waals surface area contributed by atoms with E-state index in [0.717, 1.165) is 23.5 Å². The van der Waals surface area contributed by atoms with E-state index in [2.05, 4.69) is 5.32 Å². The zero-order valence-corrected chi connectivity index (χ0v) is 12.1. The molecule has 0 aromatic heterocycles. The molecule has 1 saturated carbocycles. The second-order valence-corrected chi connectivity index (χ2v) is 4.99. The smallest absolute Gasteiger partial charge is 0.305 e. The van der Waals surface area contributed by atoms with E-state index in [1.165, 1.54) is 0 Å². The topological polar surface area (TPSA) is 84.9 Å². The van der Waals surface area contributed by atoms with E-state index < -0.39 is 5.97 Å². The van der Waals surface area contributed by atoms with Crippen LogP contribution < -0.4 is 14.8 Å². The molecule has 1 aliphatic rings. The average molecular weight is 293 g/mol. The van der Waals surface area contributed by atoms with Crippen LogP contribution in [0.15, 0.2) is 18.2 Å². The second-order valence-electron chi connectivity index (χ2n) is 4.99. The SMILES string of the molecule is COc1ccc(OC)c(C2CC2C(=O)NCCC(=O)O)c1. The molecule has 1 aromatic rings. The number of hydrogen-bond acceptors (Lipinski definition) is 4. The normalized spacial score (nSPS) is 19.7. The largest absolute Gasteiger partial charge is 0.497 e. The van der Waals surface area contributed by atoms with Crippen LogP contribution >= 0.6 is 0 Å². The molecule has 0 spiro atoms. The van der Waals surface area contributed by atoms with Gasteiger partial charge in [-0.2, -0.15) is 0 Å². The predicted octanol–water partition coefficient (Wildman–Crippen LogP) is 1.40. The number of amides is 1. The molecule has 1 aromatic carbocycles. The molecule has 1 aliphatic carbocycles.